The van der Waals surface area contributed by atoms with Gasteiger partial charge in [-0.15, -0.1) is 11.3 Å². The molecule has 0 unspecified atom stereocenters. The number of carbonyl (C=O) groups is 1. The van der Waals surface area contributed by atoms with Crippen molar-refractivity contribution in [2.45, 2.75) is 32.2 Å². The molecule has 0 bridgehead atoms. The molecular formula is C27H28N2O3SSi. The minimum Gasteiger partial charge on any atom is -0.476 e. The fourth-order valence-electron chi connectivity index (χ4n) is 4.27. The number of benzene rings is 2. The number of thiazole rings is 1. The zero-order valence-electron chi connectivity index (χ0n) is 19.6. The molecule has 34 heavy (non-hydrogen) atoms. The highest BCUT2D eigenvalue weighted by atomic mass is 32.1. The van der Waals surface area contributed by atoms with Crippen LogP contribution >= 0.6 is 11.3 Å². The van der Waals surface area contributed by atoms with E-state index in [-0.39, 0.29) is 10.7 Å². The predicted molar refractivity (Wildman–Crippen MR) is 140 cm³/mol. The largest absolute Gasteiger partial charge is 0.476 e. The molecule has 0 radical (unpaired) electrons. The molecule has 0 aliphatic heterocycles. The summed E-state index contributed by atoms with van der Waals surface area (Å²) in [4.78, 5) is 19.7. The standard InChI is InChI=1S/C27H28N2O3SSi/c1-27(2,3)34(21-10-6-4-7-11-21,22-12-8-5-9-13-22)32-17-16-20-14-15-23(28-18-20)25-29-24(19-33-25)26(30)31/h4-15,18-19H,16-17H2,1-3H3,(H,30,31). The number of aromatic nitrogens is 2. The number of rotatable bonds is 8. The highest BCUT2D eigenvalue weighted by Crippen LogP contribution is 2.36. The Bertz CT molecular complexity index is 1200. The highest BCUT2D eigenvalue weighted by Gasteiger charge is 2.49. The first-order valence-electron chi connectivity index (χ1n) is 11.2. The smallest absolute Gasteiger partial charge is 0.355 e. The maximum Gasteiger partial charge on any atom is 0.355 e. The van der Waals surface area contributed by atoms with Crippen LogP contribution in [0.4, 0.5) is 0 Å². The maximum atomic E-state index is 11.1. The summed E-state index contributed by atoms with van der Waals surface area (Å²) in [6.45, 7) is 7.40. The van der Waals surface area contributed by atoms with Crippen molar-refractivity contribution in [3.63, 3.8) is 0 Å². The van der Waals surface area contributed by atoms with Gasteiger partial charge >= 0.3 is 5.97 Å². The lowest BCUT2D eigenvalue weighted by atomic mass is 10.2. The number of aromatic carboxylic acids is 1. The van der Waals surface area contributed by atoms with Crippen LogP contribution in [0.15, 0.2) is 84.4 Å². The number of hydrogen-bond acceptors (Lipinski definition) is 5. The lowest BCUT2D eigenvalue weighted by molar-refractivity contribution is 0.0691. The van der Waals surface area contributed by atoms with Gasteiger partial charge in [-0.3, -0.25) is 4.98 Å². The van der Waals surface area contributed by atoms with Crippen LogP contribution in [0.2, 0.25) is 5.04 Å². The van der Waals surface area contributed by atoms with Crippen LogP contribution in [-0.4, -0.2) is 36.0 Å². The third-order valence-corrected chi connectivity index (χ3v) is 11.8. The van der Waals surface area contributed by atoms with Crippen molar-refractivity contribution >= 4 is 36.0 Å². The molecule has 0 atom stereocenters. The Labute approximate surface area is 205 Å². The van der Waals surface area contributed by atoms with Crippen molar-refractivity contribution in [2.24, 2.45) is 0 Å². The summed E-state index contributed by atoms with van der Waals surface area (Å²) in [5.41, 5.74) is 1.79. The van der Waals surface area contributed by atoms with Gasteiger partial charge in [-0.2, -0.15) is 0 Å². The molecular weight excluding hydrogens is 460 g/mol. The summed E-state index contributed by atoms with van der Waals surface area (Å²) in [6.07, 6.45) is 2.56. The molecule has 1 N–H and O–H groups in total. The first kappa shape index (κ1) is 24.0. The van der Waals surface area contributed by atoms with Crippen LogP contribution < -0.4 is 10.4 Å². The van der Waals surface area contributed by atoms with Crippen molar-refractivity contribution in [3.05, 3.63) is 95.6 Å². The molecule has 2 aromatic carbocycles. The number of nitrogens with zero attached hydrogens (tertiary/aromatic N) is 2. The molecule has 174 valence electrons. The first-order valence-corrected chi connectivity index (χ1v) is 14.0. The number of carboxylic acids is 1. The van der Waals surface area contributed by atoms with E-state index in [9.17, 15) is 4.79 Å². The molecule has 2 heterocycles. The van der Waals surface area contributed by atoms with Gasteiger partial charge in [0, 0.05) is 18.2 Å². The predicted octanol–water partition coefficient (Wildman–Crippen LogP) is 5.02. The molecule has 4 rings (SSSR count). The monoisotopic (exact) mass is 488 g/mol. The van der Waals surface area contributed by atoms with Crippen molar-refractivity contribution in [1.82, 2.24) is 9.97 Å². The van der Waals surface area contributed by atoms with E-state index in [0.29, 0.717) is 17.3 Å². The van der Waals surface area contributed by atoms with E-state index < -0.39 is 14.3 Å². The van der Waals surface area contributed by atoms with Gasteiger partial charge in [0.05, 0.1) is 5.69 Å². The summed E-state index contributed by atoms with van der Waals surface area (Å²) in [7, 11) is -2.56. The van der Waals surface area contributed by atoms with E-state index in [1.165, 1.54) is 27.1 Å². The van der Waals surface area contributed by atoms with Crippen LogP contribution in [0.3, 0.4) is 0 Å². The molecule has 0 saturated carbocycles. The average Bonchev–Trinajstić information content (AvgIpc) is 3.33. The second kappa shape index (κ2) is 10.0. The normalized spacial score (nSPS) is 12.0. The van der Waals surface area contributed by atoms with Crippen molar-refractivity contribution in [3.8, 4) is 10.7 Å². The maximum absolute atomic E-state index is 11.1. The fourth-order valence-corrected chi connectivity index (χ4v) is 9.61. The Kier molecular flexibility index (Phi) is 7.07. The van der Waals surface area contributed by atoms with Gasteiger partial charge in [0.1, 0.15) is 5.01 Å². The fraction of sp³-hybridized carbons (Fsp3) is 0.222. The minimum absolute atomic E-state index is 0.0459. The molecule has 0 aliphatic carbocycles. The molecule has 4 aromatic rings. The van der Waals surface area contributed by atoms with Crippen molar-refractivity contribution in [1.29, 1.82) is 0 Å². The third-order valence-electron chi connectivity index (χ3n) is 5.89. The summed E-state index contributed by atoms with van der Waals surface area (Å²) < 4.78 is 6.95. The van der Waals surface area contributed by atoms with E-state index in [4.69, 9.17) is 9.53 Å². The number of pyridine rings is 1. The number of carboxylic acid groups (broad SMARTS) is 1. The Hall–Kier alpha value is -3.13. The molecule has 7 heteroatoms. The second-order valence-electron chi connectivity index (χ2n) is 9.16. The first-order chi connectivity index (χ1) is 16.3. The van der Waals surface area contributed by atoms with E-state index in [1.54, 1.807) is 0 Å². The molecule has 0 fully saturated rings. The zero-order chi connectivity index (χ0) is 24.2. The molecule has 2 aromatic heterocycles. The van der Waals surface area contributed by atoms with Crippen molar-refractivity contribution < 1.29 is 14.3 Å². The SMILES string of the molecule is CC(C)(C)[Si](OCCc1ccc(-c2nc(C(=O)O)cs2)nc1)(c1ccccc1)c1ccccc1. The Morgan fingerprint density at radius 2 is 1.59 bits per heavy atom. The number of hydrogen-bond donors (Lipinski definition) is 1. The van der Waals surface area contributed by atoms with Gasteiger partial charge in [-0.1, -0.05) is 87.5 Å². The Morgan fingerprint density at radius 3 is 2.06 bits per heavy atom. The Morgan fingerprint density at radius 1 is 0.971 bits per heavy atom. The van der Waals surface area contributed by atoms with E-state index in [0.717, 1.165) is 12.0 Å². The van der Waals surface area contributed by atoms with Crippen LogP contribution in [0.25, 0.3) is 10.7 Å². The van der Waals surface area contributed by atoms with Crippen molar-refractivity contribution in [2.75, 3.05) is 6.61 Å². The highest BCUT2D eigenvalue weighted by molar-refractivity contribution is 7.13. The van der Waals surface area contributed by atoms with Gasteiger partial charge < -0.3 is 9.53 Å². The second-order valence-corrected chi connectivity index (χ2v) is 14.3. The molecule has 0 spiro atoms. The van der Waals surface area contributed by atoms with E-state index in [1.807, 2.05) is 30.5 Å². The van der Waals surface area contributed by atoms with Gasteiger partial charge in [0.2, 0.25) is 0 Å². The molecule has 0 amide bonds. The van der Waals surface area contributed by atoms with Gasteiger partial charge in [0.25, 0.3) is 8.32 Å². The zero-order valence-corrected chi connectivity index (χ0v) is 21.4. The third kappa shape index (κ3) is 4.87. The molecule has 5 nitrogen and oxygen atoms in total. The van der Waals surface area contributed by atoms with Crippen LogP contribution in [0, 0.1) is 0 Å². The lowest BCUT2D eigenvalue weighted by Gasteiger charge is -2.43. The average molecular weight is 489 g/mol. The Balaban J connectivity index is 1.56. The van der Waals surface area contributed by atoms with E-state index >= 15 is 0 Å². The quantitative estimate of drug-likeness (QED) is 0.353. The molecule has 0 aliphatic rings. The van der Waals surface area contributed by atoms with Crippen LogP contribution in [0.1, 0.15) is 36.8 Å². The van der Waals surface area contributed by atoms with Gasteiger partial charge in [-0.05, 0) is 33.5 Å². The summed E-state index contributed by atoms with van der Waals surface area (Å²) in [5, 5.41) is 13.7. The van der Waals surface area contributed by atoms with Crippen LogP contribution in [-0.2, 0) is 10.8 Å². The van der Waals surface area contributed by atoms with Gasteiger partial charge in [-0.25, -0.2) is 9.78 Å². The summed E-state index contributed by atoms with van der Waals surface area (Å²) >= 11 is 1.28. The summed E-state index contributed by atoms with van der Waals surface area (Å²) in [6, 6.07) is 25.1. The lowest BCUT2D eigenvalue weighted by Crippen LogP contribution is -2.66. The topological polar surface area (TPSA) is 72.3 Å². The molecule has 0 saturated heterocycles. The summed E-state index contributed by atoms with van der Waals surface area (Å²) in [5.74, 6) is -1.03. The minimum atomic E-state index is -2.56. The van der Waals surface area contributed by atoms with Crippen LogP contribution in [0.5, 0.6) is 0 Å². The van der Waals surface area contributed by atoms with E-state index in [2.05, 4.69) is 79.3 Å². The van der Waals surface area contributed by atoms with Gasteiger partial charge in [0.15, 0.2) is 5.69 Å².